The summed E-state index contributed by atoms with van der Waals surface area (Å²) in [4.78, 5) is 22.8. The van der Waals surface area contributed by atoms with Crippen LogP contribution in [0, 0.1) is 0 Å². The molecule has 1 amide bonds. The Balaban J connectivity index is 2.77. The van der Waals surface area contributed by atoms with Crippen LogP contribution in [0.1, 0.15) is 24.2 Å². The van der Waals surface area contributed by atoms with Crippen molar-refractivity contribution in [3.63, 3.8) is 0 Å². The van der Waals surface area contributed by atoms with Gasteiger partial charge < -0.3 is 14.8 Å². The Labute approximate surface area is 125 Å². The minimum absolute atomic E-state index is 0.155. The first-order chi connectivity index (χ1) is 10.1. The van der Waals surface area contributed by atoms with E-state index >= 15 is 0 Å². The molecule has 22 heavy (non-hydrogen) atoms. The Hall–Kier alpha value is -2.25. The van der Waals surface area contributed by atoms with Crippen LogP contribution in [0.25, 0.3) is 0 Å². The predicted octanol–water partition coefficient (Wildman–Crippen LogP) is 2.34. The van der Waals surface area contributed by atoms with E-state index in [4.69, 9.17) is 9.47 Å². The maximum Gasteiger partial charge on any atom is 0.405 e. The molecular weight excluding hydrogens is 303 g/mol. The molecule has 0 aromatic heterocycles. The third kappa shape index (κ3) is 5.27. The van der Waals surface area contributed by atoms with Gasteiger partial charge in [-0.3, -0.25) is 9.59 Å². The number of ketones is 1. The average Bonchev–Trinajstić information content (AvgIpc) is 2.43. The molecule has 0 aliphatic heterocycles. The van der Waals surface area contributed by atoms with Crippen LogP contribution in [0.4, 0.5) is 13.2 Å². The summed E-state index contributed by atoms with van der Waals surface area (Å²) in [5, 5.41) is 1.73. The van der Waals surface area contributed by atoms with Gasteiger partial charge in [0.15, 0.2) is 23.4 Å². The Bertz CT molecular complexity index is 558. The van der Waals surface area contributed by atoms with E-state index in [1.54, 1.807) is 5.32 Å². The fraction of sp³-hybridized carbons (Fsp3) is 0.429. The number of ether oxygens (including phenoxy) is 2. The Kier molecular flexibility index (Phi) is 5.78. The Morgan fingerprint density at radius 3 is 2.41 bits per heavy atom. The largest absolute Gasteiger partial charge is 0.493 e. The van der Waals surface area contributed by atoms with E-state index in [1.807, 2.05) is 0 Å². The number of carbonyl (C=O) groups excluding carboxylic acids is 2. The smallest absolute Gasteiger partial charge is 0.405 e. The first kappa shape index (κ1) is 17.8. The minimum Gasteiger partial charge on any atom is -0.493 e. The van der Waals surface area contributed by atoms with E-state index in [1.165, 1.54) is 39.2 Å². The van der Waals surface area contributed by atoms with Crippen molar-refractivity contribution in [1.82, 2.24) is 5.32 Å². The summed E-state index contributed by atoms with van der Waals surface area (Å²) in [6.45, 7) is 1.26. The lowest BCUT2D eigenvalue weighted by molar-refractivity contribution is -0.142. The number of nitrogens with one attached hydrogen (secondary N) is 1. The van der Waals surface area contributed by atoms with Gasteiger partial charge in [0.25, 0.3) is 5.91 Å². The molecule has 0 bridgehead atoms. The van der Waals surface area contributed by atoms with Crippen LogP contribution in [0.2, 0.25) is 0 Å². The molecular formula is C14H16F3NO4. The van der Waals surface area contributed by atoms with Gasteiger partial charge in [0.05, 0.1) is 7.11 Å². The number of benzene rings is 1. The molecule has 0 aliphatic rings. The zero-order chi connectivity index (χ0) is 16.9. The summed E-state index contributed by atoms with van der Waals surface area (Å²) in [6, 6.07) is 4.32. The Morgan fingerprint density at radius 2 is 1.91 bits per heavy atom. The van der Waals surface area contributed by atoms with Gasteiger partial charge in [-0.25, -0.2) is 0 Å². The van der Waals surface area contributed by atoms with Gasteiger partial charge in [-0.05, 0) is 32.0 Å². The summed E-state index contributed by atoms with van der Waals surface area (Å²) >= 11 is 0. The molecule has 0 radical (unpaired) electrons. The van der Waals surface area contributed by atoms with Gasteiger partial charge in [0.1, 0.15) is 6.54 Å². The van der Waals surface area contributed by atoms with Gasteiger partial charge in [0, 0.05) is 5.56 Å². The lowest BCUT2D eigenvalue weighted by atomic mass is 10.1. The lowest BCUT2D eigenvalue weighted by Gasteiger charge is -2.17. The van der Waals surface area contributed by atoms with Gasteiger partial charge in [-0.2, -0.15) is 13.2 Å². The second kappa shape index (κ2) is 7.15. The number of methoxy groups -OCH3 is 1. The number of amides is 1. The van der Waals surface area contributed by atoms with Crippen LogP contribution in [0.5, 0.6) is 11.5 Å². The van der Waals surface area contributed by atoms with Gasteiger partial charge >= 0.3 is 6.18 Å². The first-order valence-corrected chi connectivity index (χ1v) is 6.34. The topological polar surface area (TPSA) is 64.6 Å². The average molecular weight is 319 g/mol. The molecule has 5 nitrogen and oxygen atoms in total. The van der Waals surface area contributed by atoms with Crippen LogP contribution < -0.4 is 14.8 Å². The van der Waals surface area contributed by atoms with Crippen LogP contribution in [-0.2, 0) is 4.79 Å². The minimum atomic E-state index is -4.49. The van der Waals surface area contributed by atoms with Crippen molar-refractivity contribution in [2.75, 3.05) is 13.7 Å². The summed E-state index contributed by atoms with van der Waals surface area (Å²) in [5.74, 6) is -0.721. The van der Waals surface area contributed by atoms with Crippen LogP contribution >= 0.6 is 0 Å². The third-order valence-electron chi connectivity index (χ3n) is 2.71. The Morgan fingerprint density at radius 1 is 1.27 bits per heavy atom. The maximum absolute atomic E-state index is 12.0. The quantitative estimate of drug-likeness (QED) is 0.818. The van der Waals surface area contributed by atoms with E-state index in [9.17, 15) is 22.8 Å². The molecule has 1 rings (SSSR count). The van der Waals surface area contributed by atoms with Crippen molar-refractivity contribution in [1.29, 1.82) is 0 Å². The van der Waals surface area contributed by atoms with Crippen LogP contribution in [-0.4, -0.2) is 37.6 Å². The van der Waals surface area contributed by atoms with Crippen molar-refractivity contribution < 1.29 is 32.2 Å². The van der Waals surface area contributed by atoms with Gasteiger partial charge in [-0.15, -0.1) is 0 Å². The molecule has 122 valence electrons. The first-order valence-electron chi connectivity index (χ1n) is 6.34. The number of halogens is 3. The normalized spacial score (nSPS) is 12.5. The SMILES string of the molecule is COc1cc(C(C)=O)ccc1O[C@H](C)C(=O)NCC(F)(F)F. The highest BCUT2D eigenvalue weighted by atomic mass is 19.4. The summed E-state index contributed by atoms with van der Waals surface area (Å²) < 4.78 is 46.4. The number of hydrogen-bond donors (Lipinski definition) is 1. The second-order valence-electron chi connectivity index (χ2n) is 4.51. The molecule has 0 fully saturated rings. The molecule has 0 unspecified atom stereocenters. The van der Waals surface area contributed by atoms with Crippen LogP contribution in [0.15, 0.2) is 18.2 Å². The van der Waals surface area contributed by atoms with E-state index in [0.717, 1.165) is 0 Å². The van der Waals surface area contributed by atoms with Crippen molar-refractivity contribution >= 4 is 11.7 Å². The zero-order valence-corrected chi connectivity index (χ0v) is 12.3. The van der Waals surface area contributed by atoms with E-state index in [0.29, 0.717) is 5.56 Å². The zero-order valence-electron chi connectivity index (χ0n) is 12.3. The highest BCUT2D eigenvalue weighted by Gasteiger charge is 2.29. The molecule has 0 aliphatic carbocycles. The maximum atomic E-state index is 12.0. The number of alkyl halides is 3. The van der Waals surface area contributed by atoms with E-state index in [2.05, 4.69) is 0 Å². The second-order valence-corrected chi connectivity index (χ2v) is 4.51. The number of rotatable bonds is 6. The molecule has 1 aromatic rings. The predicted molar refractivity (Wildman–Crippen MR) is 72.2 cm³/mol. The van der Waals surface area contributed by atoms with E-state index < -0.39 is 24.7 Å². The standard InChI is InChI=1S/C14H16F3NO4/c1-8(19)10-4-5-11(12(6-10)21-3)22-9(2)13(20)18-7-14(15,16)17/h4-6,9H,7H2,1-3H3,(H,18,20)/t9-/m1/s1. The van der Waals surface area contributed by atoms with Crippen LogP contribution in [0.3, 0.4) is 0 Å². The van der Waals surface area contributed by atoms with Crippen molar-refractivity contribution in [3.05, 3.63) is 23.8 Å². The highest BCUT2D eigenvalue weighted by Crippen LogP contribution is 2.29. The molecule has 0 heterocycles. The van der Waals surface area contributed by atoms with Gasteiger partial charge in [-0.1, -0.05) is 0 Å². The number of Topliss-reactive ketones (excluding diaryl/α,β-unsaturated/α-hetero) is 1. The highest BCUT2D eigenvalue weighted by molar-refractivity contribution is 5.94. The third-order valence-corrected chi connectivity index (χ3v) is 2.71. The fourth-order valence-corrected chi connectivity index (χ4v) is 1.56. The monoisotopic (exact) mass is 319 g/mol. The van der Waals surface area contributed by atoms with Crippen molar-refractivity contribution in [2.45, 2.75) is 26.1 Å². The molecule has 1 aromatic carbocycles. The van der Waals surface area contributed by atoms with Crippen molar-refractivity contribution in [3.8, 4) is 11.5 Å². The molecule has 8 heteroatoms. The number of carbonyl (C=O) groups is 2. The molecule has 0 saturated carbocycles. The summed E-state index contributed by atoms with van der Waals surface area (Å²) in [5.41, 5.74) is 0.387. The lowest BCUT2D eigenvalue weighted by Crippen LogP contribution is -2.41. The molecule has 1 N–H and O–H groups in total. The molecule has 0 spiro atoms. The molecule has 1 atom stereocenters. The van der Waals surface area contributed by atoms with Gasteiger partial charge in [0.2, 0.25) is 0 Å². The summed E-state index contributed by atoms with van der Waals surface area (Å²) in [6.07, 6.45) is -5.64. The number of hydrogen-bond acceptors (Lipinski definition) is 4. The van der Waals surface area contributed by atoms with E-state index in [-0.39, 0.29) is 17.3 Å². The summed E-state index contributed by atoms with van der Waals surface area (Å²) in [7, 11) is 1.35. The van der Waals surface area contributed by atoms with Crippen molar-refractivity contribution in [2.24, 2.45) is 0 Å². The fourth-order valence-electron chi connectivity index (χ4n) is 1.56. The molecule has 0 saturated heterocycles.